The smallest absolute Gasteiger partial charge is 0.273 e. The van der Waals surface area contributed by atoms with Gasteiger partial charge < -0.3 is 10.4 Å². The van der Waals surface area contributed by atoms with Crippen LogP contribution in [0.25, 0.3) is 0 Å². The molecule has 0 radical (unpaired) electrons. The molecule has 1 amide bonds. The van der Waals surface area contributed by atoms with Crippen molar-refractivity contribution in [2.24, 2.45) is 5.92 Å². The van der Waals surface area contributed by atoms with E-state index in [1.807, 2.05) is 13.8 Å². The van der Waals surface area contributed by atoms with E-state index in [9.17, 15) is 20.0 Å². The molecule has 2 N–H and O–H groups in total. The first-order valence-electron chi connectivity index (χ1n) is 7.12. The van der Waals surface area contributed by atoms with Crippen molar-refractivity contribution in [1.82, 2.24) is 5.32 Å². The Hall–Kier alpha value is -1.95. The van der Waals surface area contributed by atoms with E-state index < -0.39 is 16.9 Å². The second kappa shape index (κ2) is 7.73. The molecule has 1 aromatic carbocycles. The molecule has 0 aliphatic heterocycles. The summed E-state index contributed by atoms with van der Waals surface area (Å²) >= 11 is 0. The lowest BCUT2D eigenvalue weighted by Gasteiger charge is -2.20. The van der Waals surface area contributed by atoms with E-state index in [1.54, 1.807) is 13.0 Å². The largest absolute Gasteiger partial charge is 0.391 e. The van der Waals surface area contributed by atoms with Crippen molar-refractivity contribution >= 4 is 11.6 Å². The van der Waals surface area contributed by atoms with E-state index in [1.165, 1.54) is 12.1 Å². The van der Waals surface area contributed by atoms with E-state index in [4.69, 9.17) is 0 Å². The molecular formula is C15H22N2O4. The summed E-state index contributed by atoms with van der Waals surface area (Å²) in [6.45, 7) is 5.67. The van der Waals surface area contributed by atoms with Gasteiger partial charge in [-0.2, -0.15) is 0 Å². The highest BCUT2D eigenvalue weighted by molar-refractivity contribution is 5.96. The number of nitrogens with zero attached hydrogens (tertiary/aromatic N) is 1. The third-order valence-corrected chi connectivity index (χ3v) is 3.81. The number of nitro groups is 1. The van der Waals surface area contributed by atoms with Crippen LogP contribution in [-0.2, 0) is 0 Å². The summed E-state index contributed by atoms with van der Waals surface area (Å²) in [6, 6.07) is 4.39. The van der Waals surface area contributed by atoms with Crippen LogP contribution in [0.2, 0.25) is 0 Å². The molecule has 0 bridgehead atoms. The number of carbonyl (C=O) groups excluding carboxylic acids is 1. The Labute approximate surface area is 124 Å². The summed E-state index contributed by atoms with van der Waals surface area (Å²) in [4.78, 5) is 22.5. The zero-order valence-corrected chi connectivity index (χ0v) is 12.6. The molecule has 1 rings (SSSR count). The maximum atomic E-state index is 12.1. The third-order valence-electron chi connectivity index (χ3n) is 3.81. The maximum Gasteiger partial charge on any atom is 0.273 e. The molecule has 0 aliphatic rings. The van der Waals surface area contributed by atoms with Gasteiger partial charge in [0.2, 0.25) is 0 Å². The van der Waals surface area contributed by atoms with Crippen LogP contribution >= 0.6 is 0 Å². The molecule has 0 aliphatic carbocycles. The van der Waals surface area contributed by atoms with E-state index in [0.29, 0.717) is 5.56 Å². The van der Waals surface area contributed by atoms with Gasteiger partial charge in [-0.25, -0.2) is 0 Å². The van der Waals surface area contributed by atoms with E-state index in [0.717, 1.165) is 12.8 Å². The minimum Gasteiger partial charge on any atom is -0.391 e. The number of hydrogen-bond donors (Lipinski definition) is 2. The number of aliphatic hydroxyl groups excluding tert-OH is 1. The number of nitrogens with one attached hydrogen (secondary N) is 1. The van der Waals surface area contributed by atoms with Crippen LogP contribution in [0.4, 0.5) is 5.69 Å². The number of amides is 1. The van der Waals surface area contributed by atoms with Gasteiger partial charge in [-0.05, 0) is 18.9 Å². The average molecular weight is 294 g/mol. The van der Waals surface area contributed by atoms with Crippen molar-refractivity contribution in [2.45, 2.75) is 39.7 Å². The third kappa shape index (κ3) is 4.26. The summed E-state index contributed by atoms with van der Waals surface area (Å²) in [5.74, 6) is -0.266. The first-order chi connectivity index (χ1) is 9.92. The molecule has 1 atom stereocenters. The van der Waals surface area contributed by atoms with Crippen molar-refractivity contribution in [3.63, 3.8) is 0 Å². The molecule has 0 spiro atoms. The van der Waals surface area contributed by atoms with E-state index in [-0.39, 0.29) is 23.7 Å². The molecular weight excluding hydrogens is 272 g/mol. The van der Waals surface area contributed by atoms with Gasteiger partial charge in [-0.15, -0.1) is 0 Å². The van der Waals surface area contributed by atoms with E-state index in [2.05, 4.69) is 5.32 Å². The zero-order chi connectivity index (χ0) is 16.0. The Morgan fingerprint density at radius 2 is 2.00 bits per heavy atom. The van der Waals surface area contributed by atoms with Gasteiger partial charge in [0, 0.05) is 23.7 Å². The second-order valence-electron chi connectivity index (χ2n) is 5.06. The Morgan fingerprint density at radius 3 is 2.52 bits per heavy atom. The minimum atomic E-state index is -0.608. The normalized spacial score (nSPS) is 12.2. The SMILES string of the molecule is CCC(CC)C(O)CNC(=O)c1cccc([N+](=O)[O-])c1C. The topological polar surface area (TPSA) is 92.5 Å². The number of carbonyl (C=O) groups is 1. The van der Waals surface area contributed by atoms with Gasteiger partial charge in [-0.3, -0.25) is 14.9 Å². The standard InChI is InChI=1S/C15H22N2O4/c1-4-11(5-2)14(18)9-16-15(19)12-7-6-8-13(10(12)3)17(20)21/h6-8,11,14,18H,4-5,9H2,1-3H3,(H,16,19). The summed E-state index contributed by atoms with van der Waals surface area (Å²) in [5, 5.41) is 23.5. The first-order valence-corrected chi connectivity index (χ1v) is 7.12. The predicted molar refractivity (Wildman–Crippen MR) is 80.2 cm³/mol. The molecule has 116 valence electrons. The lowest BCUT2D eigenvalue weighted by atomic mass is 9.96. The zero-order valence-electron chi connectivity index (χ0n) is 12.6. The van der Waals surface area contributed by atoms with Crippen LogP contribution in [0.3, 0.4) is 0 Å². The Balaban J connectivity index is 2.77. The molecule has 0 saturated heterocycles. The number of nitro benzene ring substituents is 1. The highest BCUT2D eigenvalue weighted by Crippen LogP contribution is 2.21. The summed E-state index contributed by atoms with van der Waals surface area (Å²) in [6.07, 6.45) is 1.06. The van der Waals surface area contributed by atoms with Gasteiger partial charge in [0.1, 0.15) is 0 Å². The lowest BCUT2D eigenvalue weighted by molar-refractivity contribution is -0.385. The fourth-order valence-electron chi connectivity index (χ4n) is 2.36. The molecule has 6 heteroatoms. The molecule has 1 aromatic rings. The van der Waals surface area contributed by atoms with Gasteiger partial charge >= 0.3 is 0 Å². The number of hydrogen-bond acceptors (Lipinski definition) is 4. The molecule has 0 heterocycles. The van der Waals surface area contributed by atoms with E-state index >= 15 is 0 Å². The highest BCUT2D eigenvalue weighted by atomic mass is 16.6. The first kappa shape index (κ1) is 17.1. The van der Waals surface area contributed by atoms with Crippen LogP contribution in [0.15, 0.2) is 18.2 Å². The summed E-state index contributed by atoms with van der Waals surface area (Å²) in [5.41, 5.74) is 0.515. The van der Waals surface area contributed by atoms with Gasteiger partial charge in [0.25, 0.3) is 11.6 Å². The molecule has 0 aromatic heterocycles. The number of rotatable bonds is 7. The fourth-order valence-corrected chi connectivity index (χ4v) is 2.36. The van der Waals surface area contributed by atoms with Crippen molar-refractivity contribution in [1.29, 1.82) is 0 Å². The molecule has 0 saturated carbocycles. The fraction of sp³-hybridized carbons (Fsp3) is 0.533. The van der Waals surface area contributed by atoms with Crippen molar-refractivity contribution in [3.05, 3.63) is 39.4 Å². The maximum absolute atomic E-state index is 12.1. The summed E-state index contributed by atoms with van der Waals surface area (Å²) < 4.78 is 0. The molecule has 21 heavy (non-hydrogen) atoms. The van der Waals surface area contributed by atoms with Gasteiger partial charge in [0.05, 0.1) is 11.0 Å². The van der Waals surface area contributed by atoms with Crippen LogP contribution in [0.1, 0.15) is 42.6 Å². The number of benzene rings is 1. The monoisotopic (exact) mass is 294 g/mol. The predicted octanol–water partition coefficient (Wildman–Crippen LogP) is 2.43. The number of aliphatic hydroxyl groups is 1. The van der Waals surface area contributed by atoms with Crippen molar-refractivity contribution in [3.8, 4) is 0 Å². The van der Waals surface area contributed by atoms with Gasteiger partial charge in [-0.1, -0.05) is 32.8 Å². The Morgan fingerprint density at radius 1 is 1.38 bits per heavy atom. The minimum absolute atomic E-state index is 0.0804. The quantitative estimate of drug-likeness (QED) is 0.596. The Kier molecular flexibility index (Phi) is 6.30. The van der Waals surface area contributed by atoms with Crippen LogP contribution in [0.5, 0.6) is 0 Å². The van der Waals surface area contributed by atoms with Crippen molar-refractivity contribution in [2.75, 3.05) is 6.54 Å². The Bertz CT molecular complexity index is 512. The molecule has 1 unspecified atom stereocenters. The lowest BCUT2D eigenvalue weighted by Crippen LogP contribution is -2.36. The van der Waals surface area contributed by atoms with Crippen LogP contribution in [-0.4, -0.2) is 28.6 Å². The van der Waals surface area contributed by atoms with Crippen LogP contribution < -0.4 is 5.32 Å². The summed E-state index contributed by atoms with van der Waals surface area (Å²) in [7, 11) is 0. The van der Waals surface area contributed by atoms with Crippen LogP contribution in [0, 0.1) is 23.0 Å². The molecule has 6 nitrogen and oxygen atoms in total. The average Bonchev–Trinajstić information content (AvgIpc) is 2.46. The van der Waals surface area contributed by atoms with Crippen molar-refractivity contribution < 1.29 is 14.8 Å². The highest BCUT2D eigenvalue weighted by Gasteiger charge is 2.20. The second-order valence-corrected chi connectivity index (χ2v) is 5.06. The van der Waals surface area contributed by atoms with Gasteiger partial charge in [0.15, 0.2) is 0 Å². The molecule has 0 fully saturated rings.